The van der Waals surface area contributed by atoms with E-state index in [0.29, 0.717) is 6.04 Å². The Labute approximate surface area is 134 Å². The SMILES string of the molecule is CCNC(c1cscc1Br)C1C2CC3CC(C2)CC1C3. The minimum atomic E-state index is 0.579. The Morgan fingerprint density at radius 1 is 1.15 bits per heavy atom. The van der Waals surface area contributed by atoms with Gasteiger partial charge in [0, 0.05) is 15.9 Å². The van der Waals surface area contributed by atoms with Crippen molar-refractivity contribution in [3.05, 3.63) is 20.8 Å². The highest BCUT2D eigenvalue weighted by Crippen LogP contribution is 2.59. The third-order valence-electron chi connectivity index (χ3n) is 6.09. The molecule has 5 rings (SSSR count). The molecule has 4 aliphatic rings. The molecular weight excluding hydrogens is 330 g/mol. The summed E-state index contributed by atoms with van der Waals surface area (Å²) in [5.41, 5.74) is 1.52. The van der Waals surface area contributed by atoms with Crippen molar-refractivity contribution in [3.8, 4) is 0 Å². The Morgan fingerprint density at radius 2 is 1.80 bits per heavy atom. The molecule has 1 aromatic rings. The maximum absolute atomic E-state index is 3.83. The van der Waals surface area contributed by atoms with Crippen LogP contribution >= 0.6 is 27.3 Å². The number of nitrogens with one attached hydrogen (secondary N) is 1. The molecule has 1 heterocycles. The minimum absolute atomic E-state index is 0.579. The van der Waals surface area contributed by atoms with Crippen LogP contribution in [-0.2, 0) is 0 Å². The Balaban J connectivity index is 1.65. The molecular formula is C17H24BrNS. The zero-order valence-corrected chi connectivity index (χ0v) is 14.6. The standard InChI is InChI=1S/C17H24BrNS/c1-2-19-17(14-8-20-9-15(14)18)16-12-4-10-3-11(6-12)7-13(16)5-10/h8-13,16-17,19H,2-7H2,1H3. The van der Waals surface area contributed by atoms with Crippen molar-refractivity contribution >= 4 is 27.3 Å². The van der Waals surface area contributed by atoms with Gasteiger partial charge < -0.3 is 5.32 Å². The van der Waals surface area contributed by atoms with E-state index in [1.807, 2.05) is 11.3 Å². The maximum Gasteiger partial charge on any atom is 0.0373 e. The van der Waals surface area contributed by atoms with E-state index in [4.69, 9.17) is 0 Å². The van der Waals surface area contributed by atoms with Crippen LogP contribution in [0.2, 0.25) is 0 Å². The first kappa shape index (κ1) is 13.8. The lowest BCUT2D eigenvalue weighted by Gasteiger charge is -2.56. The van der Waals surface area contributed by atoms with Gasteiger partial charge in [0.05, 0.1) is 0 Å². The quantitative estimate of drug-likeness (QED) is 0.780. The van der Waals surface area contributed by atoms with Crippen LogP contribution in [-0.4, -0.2) is 6.54 Å². The summed E-state index contributed by atoms with van der Waals surface area (Å²) < 4.78 is 1.32. The fraction of sp³-hybridized carbons (Fsp3) is 0.765. The number of halogens is 1. The first-order valence-corrected chi connectivity index (χ1v) is 9.94. The molecule has 1 nitrogen and oxygen atoms in total. The van der Waals surface area contributed by atoms with Crippen LogP contribution in [0.3, 0.4) is 0 Å². The molecule has 110 valence electrons. The van der Waals surface area contributed by atoms with E-state index in [1.54, 1.807) is 6.42 Å². The predicted molar refractivity (Wildman–Crippen MR) is 89.0 cm³/mol. The average Bonchev–Trinajstić information content (AvgIpc) is 2.82. The molecule has 0 saturated heterocycles. The summed E-state index contributed by atoms with van der Waals surface area (Å²) in [5, 5.41) is 8.44. The van der Waals surface area contributed by atoms with Crippen molar-refractivity contribution in [2.75, 3.05) is 6.54 Å². The van der Waals surface area contributed by atoms with Crippen LogP contribution in [0.4, 0.5) is 0 Å². The second-order valence-corrected chi connectivity index (χ2v) is 8.82. The summed E-state index contributed by atoms with van der Waals surface area (Å²) in [6, 6.07) is 0.579. The summed E-state index contributed by atoms with van der Waals surface area (Å²) in [6.07, 6.45) is 7.61. The van der Waals surface area contributed by atoms with E-state index in [1.165, 1.54) is 35.7 Å². The molecule has 1 aromatic heterocycles. The topological polar surface area (TPSA) is 12.0 Å². The summed E-state index contributed by atoms with van der Waals surface area (Å²) in [5.74, 6) is 5.00. The minimum Gasteiger partial charge on any atom is -0.310 e. The monoisotopic (exact) mass is 353 g/mol. The van der Waals surface area contributed by atoms with Gasteiger partial charge in [-0.05, 0) is 95.1 Å². The first-order valence-electron chi connectivity index (χ1n) is 8.21. The summed E-state index contributed by atoms with van der Waals surface area (Å²) >= 11 is 5.61. The van der Waals surface area contributed by atoms with Crippen molar-refractivity contribution in [1.82, 2.24) is 5.32 Å². The van der Waals surface area contributed by atoms with Crippen LogP contribution < -0.4 is 5.32 Å². The molecule has 4 bridgehead atoms. The molecule has 1 atom stereocenters. The highest BCUT2D eigenvalue weighted by atomic mass is 79.9. The van der Waals surface area contributed by atoms with Crippen molar-refractivity contribution in [1.29, 1.82) is 0 Å². The highest BCUT2D eigenvalue weighted by molar-refractivity contribution is 9.10. The molecule has 0 aromatic carbocycles. The zero-order chi connectivity index (χ0) is 13.7. The van der Waals surface area contributed by atoms with Crippen molar-refractivity contribution in [2.45, 2.75) is 45.1 Å². The second-order valence-electron chi connectivity index (χ2n) is 7.22. The van der Waals surface area contributed by atoms with Gasteiger partial charge in [0.25, 0.3) is 0 Å². The molecule has 20 heavy (non-hydrogen) atoms. The molecule has 0 aliphatic heterocycles. The fourth-order valence-electron chi connectivity index (χ4n) is 5.70. The molecule has 0 spiro atoms. The Morgan fingerprint density at radius 3 is 2.30 bits per heavy atom. The van der Waals surface area contributed by atoms with Gasteiger partial charge in [0.1, 0.15) is 0 Å². The van der Waals surface area contributed by atoms with E-state index in [2.05, 4.69) is 38.9 Å². The lowest BCUT2D eigenvalue weighted by molar-refractivity contribution is -0.0523. The van der Waals surface area contributed by atoms with Crippen molar-refractivity contribution < 1.29 is 0 Å². The molecule has 3 heteroatoms. The molecule has 1 N–H and O–H groups in total. The molecule has 0 radical (unpaired) electrons. The summed E-state index contributed by atoms with van der Waals surface area (Å²) in [6.45, 7) is 3.33. The Kier molecular flexibility index (Phi) is 3.72. The number of rotatable bonds is 4. The van der Waals surface area contributed by atoms with Crippen LogP contribution in [0.5, 0.6) is 0 Å². The smallest absolute Gasteiger partial charge is 0.0373 e. The van der Waals surface area contributed by atoms with Crippen LogP contribution in [0, 0.1) is 29.6 Å². The molecule has 0 amide bonds. The van der Waals surface area contributed by atoms with E-state index >= 15 is 0 Å². The van der Waals surface area contributed by atoms with E-state index in [9.17, 15) is 0 Å². The van der Waals surface area contributed by atoms with Gasteiger partial charge in [-0.2, -0.15) is 11.3 Å². The lowest BCUT2D eigenvalue weighted by atomic mass is 9.50. The van der Waals surface area contributed by atoms with Gasteiger partial charge in [-0.3, -0.25) is 0 Å². The molecule has 4 saturated carbocycles. The van der Waals surface area contributed by atoms with E-state index < -0.39 is 0 Å². The fourth-order valence-corrected chi connectivity index (χ4v) is 7.28. The van der Waals surface area contributed by atoms with Crippen LogP contribution in [0.15, 0.2) is 15.2 Å². The zero-order valence-electron chi connectivity index (χ0n) is 12.1. The maximum atomic E-state index is 3.83. The summed E-state index contributed by atoms with van der Waals surface area (Å²) in [4.78, 5) is 0. The van der Waals surface area contributed by atoms with Gasteiger partial charge in [-0.1, -0.05) is 6.92 Å². The largest absolute Gasteiger partial charge is 0.310 e. The van der Waals surface area contributed by atoms with Gasteiger partial charge >= 0.3 is 0 Å². The summed E-state index contributed by atoms with van der Waals surface area (Å²) in [7, 11) is 0. The van der Waals surface area contributed by atoms with E-state index in [0.717, 1.165) is 36.1 Å². The highest BCUT2D eigenvalue weighted by Gasteiger charge is 2.50. The predicted octanol–water partition coefficient (Wildman–Crippen LogP) is 5.23. The van der Waals surface area contributed by atoms with Gasteiger partial charge in [-0.15, -0.1) is 0 Å². The van der Waals surface area contributed by atoms with Gasteiger partial charge in [0.15, 0.2) is 0 Å². The van der Waals surface area contributed by atoms with Crippen molar-refractivity contribution in [3.63, 3.8) is 0 Å². The van der Waals surface area contributed by atoms with Crippen LogP contribution in [0.1, 0.15) is 50.6 Å². The number of thiophene rings is 1. The van der Waals surface area contributed by atoms with Gasteiger partial charge in [-0.25, -0.2) is 0 Å². The number of hydrogen-bond acceptors (Lipinski definition) is 2. The third-order valence-corrected chi connectivity index (χ3v) is 7.84. The lowest BCUT2D eigenvalue weighted by Crippen LogP contribution is -2.49. The van der Waals surface area contributed by atoms with E-state index in [-0.39, 0.29) is 0 Å². The molecule has 4 fully saturated rings. The second kappa shape index (κ2) is 5.40. The number of hydrogen-bond donors (Lipinski definition) is 1. The Bertz CT molecular complexity index is 455. The first-order chi connectivity index (χ1) is 9.76. The van der Waals surface area contributed by atoms with Crippen molar-refractivity contribution in [2.24, 2.45) is 29.6 Å². The third kappa shape index (κ3) is 2.21. The molecule has 1 unspecified atom stereocenters. The Hall–Kier alpha value is 0.140. The average molecular weight is 354 g/mol. The normalized spacial score (nSPS) is 40.2. The van der Waals surface area contributed by atoms with Gasteiger partial charge in [0.2, 0.25) is 0 Å². The van der Waals surface area contributed by atoms with Crippen LogP contribution in [0.25, 0.3) is 0 Å². The molecule has 4 aliphatic carbocycles.